The molecular formula is C18H26BrN3O3. The summed E-state index contributed by atoms with van der Waals surface area (Å²) in [4.78, 5) is 27.0. The Morgan fingerprint density at radius 3 is 2.56 bits per heavy atom. The number of benzene rings is 1. The van der Waals surface area contributed by atoms with Crippen molar-refractivity contribution in [1.29, 1.82) is 0 Å². The van der Waals surface area contributed by atoms with Crippen molar-refractivity contribution in [1.82, 2.24) is 15.5 Å². The Kier molecular flexibility index (Phi) is 8.37. The van der Waals surface area contributed by atoms with Crippen LogP contribution in [0.2, 0.25) is 0 Å². The molecule has 0 aliphatic carbocycles. The second kappa shape index (κ2) is 10.5. The summed E-state index contributed by atoms with van der Waals surface area (Å²) in [6, 6.07) is 6.58. The van der Waals surface area contributed by atoms with Crippen LogP contribution in [-0.4, -0.2) is 62.1 Å². The predicted octanol–water partition coefficient (Wildman–Crippen LogP) is 1.80. The summed E-state index contributed by atoms with van der Waals surface area (Å²) in [6.07, 6.45) is 1.44. The maximum Gasteiger partial charge on any atom is 0.251 e. The zero-order valence-corrected chi connectivity index (χ0v) is 16.2. The highest BCUT2D eigenvalue weighted by Crippen LogP contribution is 2.11. The van der Waals surface area contributed by atoms with Crippen LogP contribution in [0.3, 0.4) is 0 Å². The van der Waals surface area contributed by atoms with Crippen LogP contribution in [0, 0.1) is 0 Å². The SMILES string of the molecule is CCCC(NC(=O)c1ccc(Br)cc1)C(=O)NCCN1CCOCC1. The summed E-state index contributed by atoms with van der Waals surface area (Å²) in [5.41, 5.74) is 0.547. The molecule has 2 amide bonds. The Balaban J connectivity index is 1.82. The Bertz CT molecular complexity index is 559. The van der Waals surface area contributed by atoms with E-state index in [0.29, 0.717) is 18.5 Å². The van der Waals surface area contributed by atoms with E-state index in [9.17, 15) is 9.59 Å². The van der Waals surface area contributed by atoms with Crippen LogP contribution >= 0.6 is 15.9 Å². The third-order valence-electron chi connectivity index (χ3n) is 4.14. The molecule has 2 N–H and O–H groups in total. The van der Waals surface area contributed by atoms with Crippen LogP contribution in [0.25, 0.3) is 0 Å². The molecule has 0 bridgehead atoms. The Morgan fingerprint density at radius 2 is 1.92 bits per heavy atom. The Labute approximate surface area is 157 Å². The number of carbonyl (C=O) groups excluding carboxylic acids is 2. The molecule has 0 saturated carbocycles. The van der Waals surface area contributed by atoms with Gasteiger partial charge in [0.25, 0.3) is 5.91 Å². The number of carbonyl (C=O) groups is 2. The summed E-state index contributed by atoms with van der Waals surface area (Å²) in [7, 11) is 0. The lowest BCUT2D eigenvalue weighted by Crippen LogP contribution is -2.49. The molecule has 1 aromatic rings. The maximum absolute atomic E-state index is 12.4. The molecule has 1 aliphatic rings. The van der Waals surface area contributed by atoms with Gasteiger partial charge in [-0.25, -0.2) is 0 Å². The second-order valence-corrected chi connectivity index (χ2v) is 6.98. The van der Waals surface area contributed by atoms with E-state index in [1.807, 2.05) is 19.1 Å². The Morgan fingerprint density at radius 1 is 1.24 bits per heavy atom. The van der Waals surface area contributed by atoms with Gasteiger partial charge in [0.1, 0.15) is 6.04 Å². The lowest BCUT2D eigenvalue weighted by molar-refractivity contribution is -0.123. The van der Waals surface area contributed by atoms with E-state index >= 15 is 0 Å². The fourth-order valence-corrected chi connectivity index (χ4v) is 2.95. The van der Waals surface area contributed by atoms with E-state index in [2.05, 4.69) is 31.5 Å². The first-order valence-electron chi connectivity index (χ1n) is 8.74. The number of morpholine rings is 1. The quantitative estimate of drug-likeness (QED) is 0.683. The zero-order chi connectivity index (χ0) is 18.1. The minimum absolute atomic E-state index is 0.124. The van der Waals surface area contributed by atoms with Gasteiger partial charge in [-0.1, -0.05) is 29.3 Å². The van der Waals surface area contributed by atoms with Gasteiger partial charge < -0.3 is 15.4 Å². The lowest BCUT2D eigenvalue weighted by Gasteiger charge is -2.27. The summed E-state index contributed by atoms with van der Waals surface area (Å²) in [5.74, 6) is -0.352. The summed E-state index contributed by atoms with van der Waals surface area (Å²) in [6.45, 7) is 6.66. The van der Waals surface area contributed by atoms with E-state index in [0.717, 1.165) is 43.7 Å². The first-order chi connectivity index (χ1) is 12.1. The highest BCUT2D eigenvalue weighted by Gasteiger charge is 2.20. The van der Waals surface area contributed by atoms with Crippen molar-refractivity contribution in [2.75, 3.05) is 39.4 Å². The largest absolute Gasteiger partial charge is 0.379 e. The van der Waals surface area contributed by atoms with E-state index in [4.69, 9.17) is 4.74 Å². The highest BCUT2D eigenvalue weighted by molar-refractivity contribution is 9.10. The van der Waals surface area contributed by atoms with Crippen molar-refractivity contribution in [2.45, 2.75) is 25.8 Å². The van der Waals surface area contributed by atoms with Crippen molar-refractivity contribution < 1.29 is 14.3 Å². The van der Waals surface area contributed by atoms with Crippen LogP contribution in [0.5, 0.6) is 0 Å². The average Bonchev–Trinajstić information content (AvgIpc) is 2.62. The van der Waals surface area contributed by atoms with Gasteiger partial charge in [-0.3, -0.25) is 14.5 Å². The smallest absolute Gasteiger partial charge is 0.251 e. The van der Waals surface area contributed by atoms with Crippen molar-refractivity contribution in [2.24, 2.45) is 0 Å². The van der Waals surface area contributed by atoms with E-state index in [-0.39, 0.29) is 11.8 Å². The fourth-order valence-electron chi connectivity index (χ4n) is 2.69. The standard InChI is InChI=1S/C18H26BrN3O3/c1-2-3-16(21-17(23)14-4-6-15(19)7-5-14)18(24)20-8-9-22-10-12-25-13-11-22/h4-7,16H,2-3,8-13H2,1H3,(H,20,24)(H,21,23). The van der Waals surface area contributed by atoms with Gasteiger partial charge in [-0.2, -0.15) is 0 Å². The normalized spacial score (nSPS) is 16.2. The first kappa shape index (κ1) is 19.9. The number of amides is 2. The monoisotopic (exact) mass is 411 g/mol. The molecule has 25 heavy (non-hydrogen) atoms. The Hall–Kier alpha value is -1.44. The van der Waals surface area contributed by atoms with Gasteiger partial charge in [0.05, 0.1) is 13.2 Å². The van der Waals surface area contributed by atoms with Crippen LogP contribution in [-0.2, 0) is 9.53 Å². The average molecular weight is 412 g/mol. The molecule has 1 heterocycles. The molecule has 0 radical (unpaired) electrons. The molecular weight excluding hydrogens is 386 g/mol. The molecule has 2 rings (SSSR count). The van der Waals surface area contributed by atoms with Crippen LogP contribution in [0.4, 0.5) is 0 Å². The van der Waals surface area contributed by atoms with Crippen molar-refractivity contribution in [3.05, 3.63) is 34.3 Å². The number of nitrogens with one attached hydrogen (secondary N) is 2. The minimum Gasteiger partial charge on any atom is -0.379 e. The zero-order valence-electron chi connectivity index (χ0n) is 14.6. The summed E-state index contributed by atoms with van der Waals surface area (Å²) in [5, 5.41) is 5.78. The molecule has 138 valence electrons. The number of hydrogen-bond acceptors (Lipinski definition) is 4. The van der Waals surface area contributed by atoms with Gasteiger partial charge in [0, 0.05) is 36.2 Å². The molecule has 0 aromatic heterocycles. The van der Waals surface area contributed by atoms with Crippen molar-refractivity contribution in [3.63, 3.8) is 0 Å². The number of ether oxygens (including phenoxy) is 1. The summed E-state index contributed by atoms with van der Waals surface area (Å²) >= 11 is 3.35. The summed E-state index contributed by atoms with van der Waals surface area (Å²) < 4.78 is 6.22. The predicted molar refractivity (Wildman–Crippen MR) is 101 cm³/mol. The molecule has 1 aromatic carbocycles. The van der Waals surface area contributed by atoms with Gasteiger partial charge in [0.15, 0.2) is 0 Å². The maximum atomic E-state index is 12.4. The van der Waals surface area contributed by atoms with E-state index in [1.54, 1.807) is 12.1 Å². The van der Waals surface area contributed by atoms with Gasteiger partial charge >= 0.3 is 0 Å². The van der Waals surface area contributed by atoms with Crippen molar-refractivity contribution in [3.8, 4) is 0 Å². The molecule has 1 unspecified atom stereocenters. The third-order valence-corrected chi connectivity index (χ3v) is 4.67. The molecule has 7 heteroatoms. The third kappa shape index (κ3) is 6.76. The lowest BCUT2D eigenvalue weighted by atomic mass is 10.1. The molecule has 1 fully saturated rings. The minimum atomic E-state index is -0.508. The van der Waals surface area contributed by atoms with E-state index < -0.39 is 6.04 Å². The molecule has 1 atom stereocenters. The van der Waals surface area contributed by atoms with Crippen LogP contribution in [0.1, 0.15) is 30.1 Å². The molecule has 1 aliphatic heterocycles. The number of hydrogen-bond donors (Lipinski definition) is 2. The topological polar surface area (TPSA) is 70.7 Å². The van der Waals surface area contributed by atoms with Crippen molar-refractivity contribution >= 4 is 27.7 Å². The molecule has 6 nitrogen and oxygen atoms in total. The van der Waals surface area contributed by atoms with Crippen LogP contribution < -0.4 is 10.6 Å². The number of nitrogens with zero attached hydrogens (tertiary/aromatic N) is 1. The first-order valence-corrected chi connectivity index (χ1v) is 9.53. The number of rotatable bonds is 8. The highest BCUT2D eigenvalue weighted by atomic mass is 79.9. The molecule has 0 spiro atoms. The van der Waals surface area contributed by atoms with E-state index in [1.165, 1.54) is 0 Å². The second-order valence-electron chi connectivity index (χ2n) is 6.07. The molecule has 1 saturated heterocycles. The van der Waals surface area contributed by atoms with Gasteiger partial charge in [0.2, 0.25) is 5.91 Å². The fraction of sp³-hybridized carbons (Fsp3) is 0.556. The van der Waals surface area contributed by atoms with Gasteiger partial charge in [-0.15, -0.1) is 0 Å². The number of halogens is 1. The van der Waals surface area contributed by atoms with Crippen LogP contribution in [0.15, 0.2) is 28.7 Å². The van der Waals surface area contributed by atoms with Gasteiger partial charge in [-0.05, 0) is 30.7 Å².